The van der Waals surface area contributed by atoms with Crippen molar-refractivity contribution >= 4 is 15.9 Å². The Morgan fingerprint density at radius 1 is 1.53 bits per heavy atom. The van der Waals surface area contributed by atoms with E-state index in [9.17, 15) is 4.39 Å². The Hall–Kier alpha value is -0.450. The molecule has 0 bridgehead atoms. The average Bonchev–Trinajstić information content (AvgIpc) is 2.17. The molecule has 1 aromatic rings. The summed E-state index contributed by atoms with van der Waals surface area (Å²) in [6, 6.07) is 5.29. The molecule has 2 nitrogen and oxygen atoms in total. The highest BCUT2D eigenvalue weighted by atomic mass is 79.9. The van der Waals surface area contributed by atoms with Crippen molar-refractivity contribution in [3.05, 3.63) is 34.1 Å². The Morgan fingerprint density at radius 3 is 2.87 bits per heavy atom. The Balaban J connectivity index is 2.50. The van der Waals surface area contributed by atoms with Crippen molar-refractivity contribution in [2.75, 3.05) is 13.7 Å². The van der Waals surface area contributed by atoms with Gasteiger partial charge in [0.25, 0.3) is 0 Å². The van der Waals surface area contributed by atoms with Crippen LogP contribution >= 0.6 is 15.9 Å². The summed E-state index contributed by atoms with van der Waals surface area (Å²) in [5, 5.41) is 3.18. The maximum Gasteiger partial charge on any atom is 0.128 e. The van der Waals surface area contributed by atoms with E-state index in [2.05, 4.69) is 21.2 Å². The summed E-state index contributed by atoms with van der Waals surface area (Å²) in [6.07, 6.45) is 0. The summed E-state index contributed by atoms with van der Waals surface area (Å²) < 4.78 is 19.1. The van der Waals surface area contributed by atoms with Gasteiger partial charge in [0.1, 0.15) is 5.82 Å². The van der Waals surface area contributed by atoms with Crippen LogP contribution in [0.3, 0.4) is 0 Å². The van der Waals surface area contributed by atoms with E-state index in [4.69, 9.17) is 4.74 Å². The van der Waals surface area contributed by atoms with Crippen molar-refractivity contribution < 1.29 is 9.13 Å². The minimum absolute atomic E-state index is 0.193. The predicted molar refractivity (Wildman–Crippen MR) is 62.3 cm³/mol. The minimum Gasteiger partial charge on any atom is -0.383 e. The van der Waals surface area contributed by atoms with Crippen LogP contribution in [-0.4, -0.2) is 19.8 Å². The summed E-state index contributed by atoms with van der Waals surface area (Å²) in [6.45, 7) is 3.14. The zero-order chi connectivity index (χ0) is 11.3. The van der Waals surface area contributed by atoms with Crippen LogP contribution in [0.5, 0.6) is 0 Å². The van der Waals surface area contributed by atoms with Crippen molar-refractivity contribution in [3.8, 4) is 0 Å². The van der Waals surface area contributed by atoms with E-state index in [1.54, 1.807) is 13.2 Å². The maximum absolute atomic E-state index is 13.4. The molecule has 4 heteroatoms. The zero-order valence-corrected chi connectivity index (χ0v) is 10.5. The molecule has 0 amide bonds. The Labute approximate surface area is 98.0 Å². The van der Waals surface area contributed by atoms with Crippen molar-refractivity contribution in [1.29, 1.82) is 0 Å². The molecule has 1 rings (SSSR count). The van der Waals surface area contributed by atoms with E-state index >= 15 is 0 Å². The summed E-state index contributed by atoms with van der Waals surface area (Å²) in [7, 11) is 1.65. The molecule has 15 heavy (non-hydrogen) atoms. The number of hydrogen-bond acceptors (Lipinski definition) is 2. The lowest BCUT2D eigenvalue weighted by molar-refractivity contribution is 0.171. The maximum atomic E-state index is 13.4. The molecule has 1 N–H and O–H groups in total. The lowest BCUT2D eigenvalue weighted by Gasteiger charge is -2.12. The molecule has 84 valence electrons. The standard InChI is InChI=1S/C11H15BrFNO/c1-8(7-15-2)14-6-9-3-4-10(12)5-11(9)13/h3-5,8,14H,6-7H2,1-2H3. The number of benzene rings is 1. The summed E-state index contributed by atoms with van der Waals surface area (Å²) in [5.74, 6) is -0.193. The number of nitrogens with one attached hydrogen (secondary N) is 1. The summed E-state index contributed by atoms with van der Waals surface area (Å²) >= 11 is 3.22. The summed E-state index contributed by atoms with van der Waals surface area (Å²) in [4.78, 5) is 0. The fourth-order valence-corrected chi connectivity index (χ4v) is 1.59. The van der Waals surface area contributed by atoms with Crippen molar-refractivity contribution in [2.45, 2.75) is 19.5 Å². The van der Waals surface area contributed by atoms with Gasteiger partial charge in [-0.2, -0.15) is 0 Å². The van der Waals surface area contributed by atoms with Crippen LogP contribution in [-0.2, 0) is 11.3 Å². The molecule has 0 aromatic heterocycles. The molecule has 0 radical (unpaired) electrons. The minimum atomic E-state index is -0.193. The predicted octanol–water partition coefficient (Wildman–Crippen LogP) is 2.71. The summed E-state index contributed by atoms with van der Waals surface area (Å²) in [5.41, 5.74) is 0.668. The van der Waals surface area contributed by atoms with Crippen molar-refractivity contribution in [3.63, 3.8) is 0 Å². The Bertz CT molecular complexity index is 319. The molecule has 0 spiro atoms. The first kappa shape index (κ1) is 12.6. The molecule has 1 aromatic carbocycles. The van der Waals surface area contributed by atoms with Gasteiger partial charge < -0.3 is 10.1 Å². The van der Waals surface area contributed by atoms with Crippen molar-refractivity contribution in [2.24, 2.45) is 0 Å². The molecule has 0 saturated carbocycles. The number of hydrogen-bond donors (Lipinski definition) is 1. The molecule has 0 saturated heterocycles. The third-order valence-electron chi connectivity index (χ3n) is 2.07. The zero-order valence-electron chi connectivity index (χ0n) is 8.89. The Morgan fingerprint density at radius 2 is 2.27 bits per heavy atom. The molecule has 0 fully saturated rings. The largest absolute Gasteiger partial charge is 0.383 e. The fourth-order valence-electron chi connectivity index (χ4n) is 1.26. The van der Waals surface area contributed by atoms with Gasteiger partial charge in [0.05, 0.1) is 6.61 Å². The van der Waals surface area contributed by atoms with Gasteiger partial charge in [-0.3, -0.25) is 0 Å². The molecular weight excluding hydrogens is 261 g/mol. The van der Waals surface area contributed by atoms with Crippen LogP contribution in [0.15, 0.2) is 22.7 Å². The van der Waals surface area contributed by atoms with E-state index in [0.29, 0.717) is 18.7 Å². The molecule has 1 atom stereocenters. The topological polar surface area (TPSA) is 21.3 Å². The van der Waals surface area contributed by atoms with Crippen LogP contribution in [0, 0.1) is 5.82 Å². The van der Waals surface area contributed by atoms with E-state index in [1.165, 1.54) is 6.07 Å². The second kappa shape index (κ2) is 6.20. The van der Waals surface area contributed by atoms with Gasteiger partial charge in [-0.1, -0.05) is 22.0 Å². The second-order valence-corrected chi connectivity index (χ2v) is 4.39. The molecular formula is C11H15BrFNO. The third-order valence-corrected chi connectivity index (χ3v) is 2.57. The quantitative estimate of drug-likeness (QED) is 0.892. The third kappa shape index (κ3) is 4.28. The van der Waals surface area contributed by atoms with Crippen LogP contribution in [0.25, 0.3) is 0 Å². The molecule has 0 aliphatic carbocycles. The normalized spacial score (nSPS) is 12.8. The van der Waals surface area contributed by atoms with Crippen LogP contribution in [0.4, 0.5) is 4.39 Å². The monoisotopic (exact) mass is 275 g/mol. The van der Waals surface area contributed by atoms with Gasteiger partial charge in [-0.15, -0.1) is 0 Å². The molecule has 1 unspecified atom stereocenters. The molecule has 0 aliphatic rings. The van der Waals surface area contributed by atoms with Gasteiger partial charge in [-0.25, -0.2) is 4.39 Å². The van der Waals surface area contributed by atoms with Gasteiger partial charge in [0, 0.05) is 29.7 Å². The fraction of sp³-hybridized carbons (Fsp3) is 0.455. The van der Waals surface area contributed by atoms with Gasteiger partial charge in [-0.05, 0) is 19.1 Å². The van der Waals surface area contributed by atoms with Gasteiger partial charge in [0.15, 0.2) is 0 Å². The SMILES string of the molecule is COCC(C)NCc1ccc(Br)cc1F. The highest BCUT2D eigenvalue weighted by Gasteiger charge is 2.05. The lowest BCUT2D eigenvalue weighted by Crippen LogP contribution is -2.29. The first-order valence-corrected chi connectivity index (χ1v) is 5.59. The molecule has 0 heterocycles. The number of ether oxygens (including phenoxy) is 1. The smallest absolute Gasteiger partial charge is 0.128 e. The Kier molecular flexibility index (Phi) is 5.22. The van der Waals surface area contributed by atoms with Crippen LogP contribution in [0.1, 0.15) is 12.5 Å². The first-order chi connectivity index (χ1) is 7.13. The van der Waals surface area contributed by atoms with E-state index in [0.717, 1.165) is 4.47 Å². The van der Waals surface area contributed by atoms with Crippen molar-refractivity contribution in [1.82, 2.24) is 5.32 Å². The van der Waals surface area contributed by atoms with E-state index in [-0.39, 0.29) is 11.9 Å². The number of rotatable bonds is 5. The van der Waals surface area contributed by atoms with Gasteiger partial charge in [0.2, 0.25) is 0 Å². The second-order valence-electron chi connectivity index (χ2n) is 3.47. The highest BCUT2D eigenvalue weighted by molar-refractivity contribution is 9.10. The highest BCUT2D eigenvalue weighted by Crippen LogP contribution is 2.15. The average molecular weight is 276 g/mol. The van der Waals surface area contributed by atoms with Crippen LogP contribution < -0.4 is 5.32 Å². The number of halogens is 2. The number of methoxy groups -OCH3 is 1. The first-order valence-electron chi connectivity index (χ1n) is 4.79. The van der Waals surface area contributed by atoms with E-state index < -0.39 is 0 Å². The van der Waals surface area contributed by atoms with Crippen LogP contribution in [0.2, 0.25) is 0 Å². The van der Waals surface area contributed by atoms with Gasteiger partial charge >= 0.3 is 0 Å². The molecule has 0 aliphatic heterocycles. The lowest BCUT2D eigenvalue weighted by atomic mass is 10.2. The van der Waals surface area contributed by atoms with E-state index in [1.807, 2.05) is 13.0 Å².